The summed E-state index contributed by atoms with van der Waals surface area (Å²) in [6, 6.07) is 14.2. The first-order valence-corrected chi connectivity index (χ1v) is 5.05. The molecule has 76 valence electrons. The minimum absolute atomic E-state index is 0.0288. The van der Waals surface area contributed by atoms with Gasteiger partial charge in [0.1, 0.15) is 0 Å². The van der Waals surface area contributed by atoms with Gasteiger partial charge in [-0.25, -0.2) is 0 Å². The highest BCUT2D eigenvalue weighted by Crippen LogP contribution is 2.14. The van der Waals surface area contributed by atoms with Crippen molar-refractivity contribution in [2.24, 2.45) is 5.73 Å². The lowest BCUT2D eigenvalue weighted by Gasteiger charge is -2.11. The summed E-state index contributed by atoms with van der Waals surface area (Å²) in [4.78, 5) is 4.07. The van der Waals surface area contributed by atoms with Gasteiger partial charge >= 0.3 is 0 Å². The number of hydrogen-bond acceptors (Lipinski definition) is 2. The van der Waals surface area contributed by atoms with E-state index in [0.717, 1.165) is 12.0 Å². The fourth-order valence-electron chi connectivity index (χ4n) is 1.58. The Labute approximate surface area is 89.8 Å². The highest BCUT2D eigenvalue weighted by atomic mass is 14.7. The molecule has 0 bridgehead atoms. The topological polar surface area (TPSA) is 38.9 Å². The van der Waals surface area contributed by atoms with Crippen molar-refractivity contribution in [2.45, 2.75) is 12.5 Å². The molecule has 0 aliphatic carbocycles. The molecule has 0 unspecified atom stereocenters. The second kappa shape index (κ2) is 4.71. The van der Waals surface area contributed by atoms with Gasteiger partial charge in [-0.3, -0.25) is 4.98 Å². The van der Waals surface area contributed by atoms with E-state index in [1.165, 1.54) is 5.56 Å². The summed E-state index contributed by atoms with van der Waals surface area (Å²) >= 11 is 0. The van der Waals surface area contributed by atoms with Crippen molar-refractivity contribution < 1.29 is 0 Å². The van der Waals surface area contributed by atoms with Crippen LogP contribution in [-0.2, 0) is 6.42 Å². The van der Waals surface area contributed by atoms with E-state index in [-0.39, 0.29) is 6.04 Å². The van der Waals surface area contributed by atoms with Crippen LogP contribution < -0.4 is 5.73 Å². The quantitative estimate of drug-likeness (QED) is 0.822. The fraction of sp³-hybridized carbons (Fsp3) is 0.154. The van der Waals surface area contributed by atoms with Crippen molar-refractivity contribution in [2.75, 3.05) is 0 Å². The van der Waals surface area contributed by atoms with Crippen LogP contribution in [0.25, 0.3) is 0 Å². The molecule has 1 aromatic heterocycles. The maximum atomic E-state index is 6.09. The van der Waals surface area contributed by atoms with Crippen molar-refractivity contribution in [3.05, 3.63) is 66.0 Å². The Morgan fingerprint density at radius 3 is 2.53 bits per heavy atom. The SMILES string of the molecule is N[C@H](Cc1ccccc1)c1cccnc1. The fourth-order valence-corrected chi connectivity index (χ4v) is 1.58. The first kappa shape index (κ1) is 9.87. The maximum absolute atomic E-state index is 6.09. The van der Waals surface area contributed by atoms with Gasteiger partial charge in [0.05, 0.1) is 0 Å². The Hall–Kier alpha value is -1.67. The van der Waals surface area contributed by atoms with E-state index in [1.54, 1.807) is 6.20 Å². The van der Waals surface area contributed by atoms with Gasteiger partial charge in [0.15, 0.2) is 0 Å². The van der Waals surface area contributed by atoms with Crippen LogP contribution in [0, 0.1) is 0 Å². The molecule has 2 N–H and O–H groups in total. The van der Waals surface area contributed by atoms with E-state index >= 15 is 0 Å². The second-order valence-electron chi connectivity index (χ2n) is 3.58. The maximum Gasteiger partial charge on any atom is 0.0351 e. The average Bonchev–Trinajstić information content (AvgIpc) is 2.31. The number of pyridine rings is 1. The summed E-state index contributed by atoms with van der Waals surface area (Å²) in [6.45, 7) is 0. The number of aromatic nitrogens is 1. The Kier molecular flexibility index (Phi) is 3.10. The lowest BCUT2D eigenvalue weighted by atomic mass is 10.0. The van der Waals surface area contributed by atoms with Crippen molar-refractivity contribution in [1.29, 1.82) is 0 Å². The second-order valence-corrected chi connectivity index (χ2v) is 3.58. The molecule has 15 heavy (non-hydrogen) atoms. The van der Waals surface area contributed by atoms with E-state index in [0.29, 0.717) is 0 Å². The number of nitrogens with two attached hydrogens (primary N) is 1. The van der Waals surface area contributed by atoms with Crippen molar-refractivity contribution >= 4 is 0 Å². The number of hydrogen-bond donors (Lipinski definition) is 1. The molecule has 0 saturated carbocycles. The Bertz CT molecular complexity index is 397. The van der Waals surface area contributed by atoms with Gasteiger partial charge < -0.3 is 5.73 Å². The Morgan fingerprint density at radius 2 is 1.87 bits per heavy atom. The van der Waals surface area contributed by atoms with Crippen LogP contribution in [-0.4, -0.2) is 4.98 Å². The number of benzene rings is 1. The predicted molar refractivity (Wildman–Crippen MR) is 61.3 cm³/mol. The van der Waals surface area contributed by atoms with E-state index in [4.69, 9.17) is 5.73 Å². The van der Waals surface area contributed by atoms with Crippen LogP contribution in [0.1, 0.15) is 17.2 Å². The summed E-state index contributed by atoms with van der Waals surface area (Å²) in [5.74, 6) is 0. The van der Waals surface area contributed by atoms with Gasteiger partial charge in [-0.15, -0.1) is 0 Å². The Balaban J connectivity index is 2.08. The standard InChI is InChI=1S/C13H14N2/c14-13(12-7-4-8-15-10-12)9-11-5-2-1-3-6-11/h1-8,10,13H,9,14H2/t13-/m1/s1. The molecule has 0 aliphatic rings. The minimum atomic E-state index is 0.0288. The molecule has 0 saturated heterocycles. The molecule has 1 atom stereocenters. The summed E-state index contributed by atoms with van der Waals surface area (Å²) < 4.78 is 0. The van der Waals surface area contributed by atoms with Crippen LogP contribution in [0.4, 0.5) is 0 Å². The van der Waals surface area contributed by atoms with E-state index in [1.807, 2.05) is 36.5 Å². The normalized spacial score (nSPS) is 12.3. The van der Waals surface area contributed by atoms with E-state index < -0.39 is 0 Å². The van der Waals surface area contributed by atoms with Crippen LogP contribution in [0.2, 0.25) is 0 Å². The molecule has 2 rings (SSSR count). The van der Waals surface area contributed by atoms with E-state index in [9.17, 15) is 0 Å². The first-order valence-electron chi connectivity index (χ1n) is 5.05. The smallest absolute Gasteiger partial charge is 0.0351 e. The molecule has 2 heteroatoms. The van der Waals surface area contributed by atoms with Gasteiger partial charge in [-0.2, -0.15) is 0 Å². The molecular formula is C13H14N2. The molecule has 0 radical (unpaired) electrons. The van der Waals surface area contributed by atoms with Crippen LogP contribution in [0.3, 0.4) is 0 Å². The van der Waals surface area contributed by atoms with Crippen molar-refractivity contribution in [1.82, 2.24) is 4.98 Å². The third kappa shape index (κ3) is 2.64. The van der Waals surface area contributed by atoms with Gasteiger partial charge in [0, 0.05) is 18.4 Å². The zero-order chi connectivity index (χ0) is 10.5. The molecule has 2 nitrogen and oxygen atoms in total. The van der Waals surface area contributed by atoms with E-state index in [2.05, 4.69) is 17.1 Å². The highest BCUT2D eigenvalue weighted by molar-refractivity contribution is 5.20. The van der Waals surface area contributed by atoms with Gasteiger partial charge in [0.25, 0.3) is 0 Å². The molecule has 1 aromatic carbocycles. The monoisotopic (exact) mass is 198 g/mol. The first-order chi connectivity index (χ1) is 7.36. The number of nitrogens with zero attached hydrogens (tertiary/aromatic N) is 1. The van der Waals surface area contributed by atoms with Crippen LogP contribution in [0.5, 0.6) is 0 Å². The molecular weight excluding hydrogens is 184 g/mol. The molecule has 1 heterocycles. The van der Waals surface area contributed by atoms with Gasteiger partial charge in [-0.1, -0.05) is 36.4 Å². The average molecular weight is 198 g/mol. The van der Waals surface area contributed by atoms with Crippen LogP contribution >= 0.6 is 0 Å². The minimum Gasteiger partial charge on any atom is -0.324 e. The van der Waals surface area contributed by atoms with Crippen molar-refractivity contribution in [3.63, 3.8) is 0 Å². The Morgan fingerprint density at radius 1 is 1.07 bits per heavy atom. The zero-order valence-corrected chi connectivity index (χ0v) is 8.51. The third-order valence-electron chi connectivity index (χ3n) is 2.41. The summed E-state index contributed by atoms with van der Waals surface area (Å²) in [5, 5.41) is 0. The summed E-state index contributed by atoms with van der Waals surface area (Å²) in [7, 11) is 0. The summed E-state index contributed by atoms with van der Waals surface area (Å²) in [5.41, 5.74) is 8.43. The molecule has 0 fully saturated rings. The van der Waals surface area contributed by atoms with Crippen LogP contribution in [0.15, 0.2) is 54.9 Å². The predicted octanol–water partition coefficient (Wildman–Crippen LogP) is 2.32. The lowest BCUT2D eigenvalue weighted by molar-refractivity contribution is 0.718. The molecule has 0 amide bonds. The largest absolute Gasteiger partial charge is 0.324 e. The van der Waals surface area contributed by atoms with Gasteiger partial charge in [0.2, 0.25) is 0 Å². The molecule has 0 spiro atoms. The molecule has 0 aliphatic heterocycles. The lowest BCUT2D eigenvalue weighted by Crippen LogP contribution is -2.13. The highest BCUT2D eigenvalue weighted by Gasteiger charge is 2.05. The third-order valence-corrected chi connectivity index (χ3v) is 2.41. The number of rotatable bonds is 3. The zero-order valence-electron chi connectivity index (χ0n) is 8.51. The summed E-state index contributed by atoms with van der Waals surface area (Å²) in [6.07, 6.45) is 4.44. The molecule has 2 aromatic rings. The van der Waals surface area contributed by atoms with Gasteiger partial charge in [-0.05, 0) is 23.6 Å². The van der Waals surface area contributed by atoms with Crippen molar-refractivity contribution in [3.8, 4) is 0 Å².